The van der Waals surface area contributed by atoms with Crippen molar-refractivity contribution in [2.45, 2.75) is 57.3 Å². The van der Waals surface area contributed by atoms with E-state index in [0.717, 1.165) is 24.2 Å². The molecule has 2 atom stereocenters. The second-order valence-corrected chi connectivity index (χ2v) is 6.10. The van der Waals surface area contributed by atoms with Crippen LogP contribution in [0.2, 0.25) is 0 Å². The van der Waals surface area contributed by atoms with Gasteiger partial charge in [-0.15, -0.1) is 0 Å². The maximum Gasteiger partial charge on any atom is 0.241 e. The van der Waals surface area contributed by atoms with Crippen molar-refractivity contribution < 1.29 is 9.53 Å². The zero-order valence-corrected chi connectivity index (χ0v) is 12.8. The number of benzene rings is 1. The van der Waals surface area contributed by atoms with Crippen LogP contribution in [0.4, 0.5) is 0 Å². The summed E-state index contributed by atoms with van der Waals surface area (Å²) in [6.45, 7) is 1.96. The van der Waals surface area contributed by atoms with E-state index in [1.54, 1.807) is 7.11 Å². The Morgan fingerprint density at radius 1 is 1.24 bits per heavy atom. The van der Waals surface area contributed by atoms with Gasteiger partial charge in [-0.25, -0.2) is 0 Å². The molecule has 1 N–H and O–H groups in total. The van der Waals surface area contributed by atoms with E-state index in [9.17, 15) is 4.79 Å². The van der Waals surface area contributed by atoms with Crippen LogP contribution < -0.4 is 10.1 Å². The van der Waals surface area contributed by atoms with E-state index in [4.69, 9.17) is 4.74 Å². The van der Waals surface area contributed by atoms with E-state index in [2.05, 4.69) is 16.3 Å². The first kappa shape index (κ1) is 14.4. The summed E-state index contributed by atoms with van der Waals surface area (Å²) in [5.41, 5.74) is 1.11. The molecule has 114 valence electrons. The molecule has 0 aromatic heterocycles. The first-order valence-electron chi connectivity index (χ1n) is 7.93. The lowest BCUT2D eigenvalue weighted by atomic mass is 9.93. The number of rotatable bonds is 3. The Kier molecular flexibility index (Phi) is 4.15. The maximum atomic E-state index is 12.6. The SMILES string of the molecule is COc1cccc(C2NC(C)C(=O)N2C2CCCCC2)c1. The van der Waals surface area contributed by atoms with E-state index in [0.29, 0.717) is 6.04 Å². The Bertz CT molecular complexity index is 511. The Morgan fingerprint density at radius 3 is 2.71 bits per heavy atom. The Morgan fingerprint density at radius 2 is 2.00 bits per heavy atom. The molecule has 3 rings (SSSR count). The average molecular weight is 288 g/mol. The van der Waals surface area contributed by atoms with Gasteiger partial charge in [-0.1, -0.05) is 31.4 Å². The number of hydrogen-bond donors (Lipinski definition) is 1. The van der Waals surface area contributed by atoms with E-state index < -0.39 is 0 Å². The molecular weight excluding hydrogens is 264 g/mol. The first-order chi connectivity index (χ1) is 10.2. The quantitative estimate of drug-likeness (QED) is 0.930. The fourth-order valence-electron chi connectivity index (χ4n) is 3.56. The molecule has 1 saturated carbocycles. The molecule has 1 amide bonds. The number of nitrogens with one attached hydrogen (secondary N) is 1. The van der Waals surface area contributed by atoms with Crippen LogP contribution in [0.25, 0.3) is 0 Å². The van der Waals surface area contributed by atoms with Gasteiger partial charge in [-0.2, -0.15) is 0 Å². The van der Waals surface area contributed by atoms with Crippen LogP contribution in [-0.4, -0.2) is 30.0 Å². The van der Waals surface area contributed by atoms with E-state index in [1.165, 1.54) is 19.3 Å². The second-order valence-electron chi connectivity index (χ2n) is 6.10. The minimum absolute atomic E-state index is 0.0225. The minimum Gasteiger partial charge on any atom is -0.497 e. The zero-order chi connectivity index (χ0) is 14.8. The van der Waals surface area contributed by atoms with Gasteiger partial charge in [0, 0.05) is 6.04 Å². The molecule has 4 heteroatoms. The summed E-state index contributed by atoms with van der Waals surface area (Å²) in [5.74, 6) is 1.07. The van der Waals surface area contributed by atoms with Crippen LogP contribution >= 0.6 is 0 Å². The summed E-state index contributed by atoms with van der Waals surface area (Å²) >= 11 is 0. The van der Waals surface area contributed by atoms with Crippen molar-refractivity contribution in [1.29, 1.82) is 0 Å². The number of amides is 1. The van der Waals surface area contributed by atoms with Gasteiger partial charge in [0.15, 0.2) is 0 Å². The van der Waals surface area contributed by atoms with Gasteiger partial charge in [0.05, 0.1) is 13.2 Å². The third-order valence-electron chi connectivity index (χ3n) is 4.69. The second kappa shape index (κ2) is 6.06. The maximum absolute atomic E-state index is 12.6. The molecule has 2 unspecified atom stereocenters. The van der Waals surface area contributed by atoms with Crippen molar-refractivity contribution in [2.75, 3.05) is 7.11 Å². The third kappa shape index (κ3) is 2.77. The molecule has 0 radical (unpaired) electrons. The van der Waals surface area contributed by atoms with Crippen molar-refractivity contribution in [3.05, 3.63) is 29.8 Å². The number of carbonyl (C=O) groups excluding carboxylic acids is 1. The van der Waals surface area contributed by atoms with Gasteiger partial charge < -0.3 is 9.64 Å². The topological polar surface area (TPSA) is 41.6 Å². The predicted molar refractivity (Wildman–Crippen MR) is 82.1 cm³/mol. The van der Waals surface area contributed by atoms with Crippen LogP contribution in [0, 0.1) is 0 Å². The lowest BCUT2D eigenvalue weighted by Gasteiger charge is -2.35. The molecule has 1 saturated heterocycles. The molecule has 0 spiro atoms. The van der Waals surface area contributed by atoms with Crippen LogP contribution in [0.15, 0.2) is 24.3 Å². The summed E-state index contributed by atoms with van der Waals surface area (Å²) in [7, 11) is 1.67. The summed E-state index contributed by atoms with van der Waals surface area (Å²) < 4.78 is 5.32. The van der Waals surface area contributed by atoms with Crippen molar-refractivity contribution in [3.63, 3.8) is 0 Å². The summed E-state index contributed by atoms with van der Waals surface area (Å²) in [6.07, 6.45) is 5.99. The van der Waals surface area contributed by atoms with Crippen molar-refractivity contribution >= 4 is 5.91 Å². The van der Waals surface area contributed by atoms with E-state index >= 15 is 0 Å². The standard InChI is InChI=1S/C17H24N2O2/c1-12-17(20)19(14-8-4-3-5-9-14)16(18-12)13-7-6-10-15(11-13)21-2/h6-7,10-12,14,16,18H,3-5,8-9H2,1-2H3. The molecule has 21 heavy (non-hydrogen) atoms. The van der Waals surface area contributed by atoms with E-state index in [-0.39, 0.29) is 18.1 Å². The van der Waals surface area contributed by atoms with E-state index in [1.807, 2.05) is 25.1 Å². The van der Waals surface area contributed by atoms with Crippen LogP contribution in [0.5, 0.6) is 5.75 Å². The average Bonchev–Trinajstić information content (AvgIpc) is 2.84. The number of ether oxygens (including phenoxy) is 1. The van der Waals surface area contributed by atoms with Gasteiger partial charge >= 0.3 is 0 Å². The molecule has 1 aromatic rings. The highest BCUT2D eigenvalue weighted by Gasteiger charge is 2.41. The molecular formula is C17H24N2O2. The third-order valence-corrected chi connectivity index (χ3v) is 4.69. The fraction of sp³-hybridized carbons (Fsp3) is 0.588. The van der Waals surface area contributed by atoms with Gasteiger partial charge in [-0.05, 0) is 37.5 Å². The smallest absolute Gasteiger partial charge is 0.241 e. The van der Waals surface area contributed by atoms with Crippen molar-refractivity contribution in [3.8, 4) is 5.75 Å². The number of hydrogen-bond acceptors (Lipinski definition) is 3. The van der Waals surface area contributed by atoms with Crippen LogP contribution in [0.3, 0.4) is 0 Å². The summed E-state index contributed by atoms with van der Waals surface area (Å²) in [4.78, 5) is 14.7. The Hall–Kier alpha value is -1.55. The highest BCUT2D eigenvalue weighted by molar-refractivity contribution is 5.84. The molecule has 1 heterocycles. The molecule has 1 aliphatic heterocycles. The largest absolute Gasteiger partial charge is 0.497 e. The molecule has 2 aliphatic rings. The normalized spacial score (nSPS) is 27.1. The van der Waals surface area contributed by atoms with Crippen molar-refractivity contribution in [1.82, 2.24) is 10.2 Å². The number of methoxy groups -OCH3 is 1. The van der Waals surface area contributed by atoms with Gasteiger partial charge in [0.1, 0.15) is 11.9 Å². The highest BCUT2D eigenvalue weighted by Crippen LogP contribution is 2.34. The number of nitrogens with zero attached hydrogens (tertiary/aromatic N) is 1. The van der Waals surface area contributed by atoms with Gasteiger partial charge in [0.25, 0.3) is 0 Å². The lowest BCUT2D eigenvalue weighted by molar-refractivity contribution is -0.132. The molecule has 0 bridgehead atoms. The molecule has 4 nitrogen and oxygen atoms in total. The first-order valence-corrected chi connectivity index (χ1v) is 7.93. The Balaban J connectivity index is 1.88. The molecule has 1 aliphatic carbocycles. The van der Waals surface area contributed by atoms with Gasteiger partial charge in [0.2, 0.25) is 5.91 Å². The number of carbonyl (C=O) groups is 1. The van der Waals surface area contributed by atoms with Gasteiger partial charge in [-0.3, -0.25) is 10.1 Å². The summed E-state index contributed by atoms with van der Waals surface area (Å²) in [5, 5.41) is 3.44. The summed E-state index contributed by atoms with van der Waals surface area (Å²) in [6, 6.07) is 8.29. The Labute approximate surface area is 126 Å². The van der Waals surface area contributed by atoms with Crippen LogP contribution in [-0.2, 0) is 4.79 Å². The molecule has 2 fully saturated rings. The van der Waals surface area contributed by atoms with Crippen LogP contribution in [0.1, 0.15) is 50.8 Å². The highest BCUT2D eigenvalue weighted by atomic mass is 16.5. The fourth-order valence-corrected chi connectivity index (χ4v) is 3.56. The monoisotopic (exact) mass is 288 g/mol. The zero-order valence-electron chi connectivity index (χ0n) is 12.8. The predicted octanol–water partition coefficient (Wildman–Crippen LogP) is 2.85. The van der Waals surface area contributed by atoms with Crippen molar-refractivity contribution in [2.24, 2.45) is 0 Å². The minimum atomic E-state index is -0.108. The lowest BCUT2D eigenvalue weighted by Crippen LogP contribution is -2.41. The molecule has 1 aromatic carbocycles.